The van der Waals surface area contributed by atoms with Gasteiger partial charge in [0.25, 0.3) is 0 Å². The molecule has 1 fully saturated rings. The highest BCUT2D eigenvalue weighted by Gasteiger charge is 2.41. The van der Waals surface area contributed by atoms with Crippen LogP contribution in [0.3, 0.4) is 0 Å². The predicted molar refractivity (Wildman–Crippen MR) is 71.2 cm³/mol. The predicted octanol–water partition coefficient (Wildman–Crippen LogP) is 4.20. The molecule has 1 aromatic rings. The largest absolute Gasteiger partial charge is 0.383 e. The minimum atomic E-state index is 0.506. The SMILES string of the molecule is CCCC1(CNc2ccc(C#N)cc2Cl)CC1. The van der Waals surface area contributed by atoms with Crippen molar-refractivity contribution in [2.24, 2.45) is 5.41 Å². The molecule has 2 nitrogen and oxygen atoms in total. The van der Waals surface area contributed by atoms with Gasteiger partial charge in [0, 0.05) is 6.54 Å². The summed E-state index contributed by atoms with van der Waals surface area (Å²) in [6, 6.07) is 7.49. The van der Waals surface area contributed by atoms with Gasteiger partial charge >= 0.3 is 0 Å². The van der Waals surface area contributed by atoms with Crippen molar-refractivity contribution in [2.45, 2.75) is 32.6 Å². The number of halogens is 1. The number of nitrogens with zero attached hydrogens (tertiary/aromatic N) is 1. The topological polar surface area (TPSA) is 35.8 Å². The Morgan fingerprint density at radius 3 is 2.76 bits per heavy atom. The third-order valence-electron chi connectivity index (χ3n) is 3.49. The Labute approximate surface area is 108 Å². The molecule has 2 rings (SSSR count). The minimum Gasteiger partial charge on any atom is -0.383 e. The smallest absolute Gasteiger partial charge is 0.0992 e. The molecule has 0 bridgehead atoms. The lowest BCUT2D eigenvalue weighted by Crippen LogP contribution is -2.15. The lowest BCUT2D eigenvalue weighted by molar-refractivity contribution is 0.486. The summed E-state index contributed by atoms with van der Waals surface area (Å²) in [4.78, 5) is 0. The second-order valence-electron chi connectivity index (χ2n) is 4.91. The lowest BCUT2D eigenvalue weighted by Gasteiger charge is -2.16. The van der Waals surface area contributed by atoms with Crippen molar-refractivity contribution >= 4 is 17.3 Å². The van der Waals surface area contributed by atoms with Gasteiger partial charge in [0.1, 0.15) is 0 Å². The van der Waals surface area contributed by atoms with Crippen LogP contribution in [-0.4, -0.2) is 6.54 Å². The number of hydrogen-bond donors (Lipinski definition) is 1. The molecule has 1 aliphatic rings. The first-order valence-electron chi connectivity index (χ1n) is 6.13. The molecule has 0 saturated heterocycles. The maximum Gasteiger partial charge on any atom is 0.0992 e. The van der Waals surface area contributed by atoms with Crippen LogP contribution in [0.4, 0.5) is 5.69 Å². The Bertz CT molecular complexity index is 444. The minimum absolute atomic E-state index is 0.506. The second-order valence-corrected chi connectivity index (χ2v) is 5.32. The van der Waals surface area contributed by atoms with E-state index in [1.807, 2.05) is 6.07 Å². The molecular weight excluding hydrogens is 232 g/mol. The van der Waals surface area contributed by atoms with Crippen LogP contribution in [0.1, 0.15) is 38.2 Å². The monoisotopic (exact) mass is 248 g/mol. The molecule has 0 amide bonds. The summed E-state index contributed by atoms with van der Waals surface area (Å²) >= 11 is 6.12. The summed E-state index contributed by atoms with van der Waals surface area (Å²) in [6.45, 7) is 3.22. The van der Waals surface area contributed by atoms with Gasteiger partial charge in [0.05, 0.1) is 22.3 Å². The summed E-state index contributed by atoms with van der Waals surface area (Å²) in [7, 11) is 0. The zero-order chi connectivity index (χ0) is 12.3. The van der Waals surface area contributed by atoms with Crippen molar-refractivity contribution in [3.63, 3.8) is 0 Å². The molecule has 0 spiro atoms. The second kappa shape index (κ2) is 4.98. The molecule has 1 aliphatic carbocycles. The number of nitrogens with one attached hydrogen (secondary N) is 1. The molecule has 0 aliphatic heterocycles. The maximum absolute atomic E-state index is 8.76. The van der Waals surface area contributed by atoms with Gasteiger partial charge in [-0.3, -0.25) is 0 Å². The Hall–Kier alpha value is -1.20. The van der Waals surface area contributed by atoms with Crippen molar-refractivity contribution in [2.75, 3.05) is 11.9 Å². The molecule has 0 radical (unpaired) electrons. The summed E-state index contributed by atoms with van der Waals surface area (Å²) in [5.41, 5.74) is 2.05. The van der Waals surface area contributed by atoms with Gasteiger partial charge in [0.2, 0.25) is 0 Å². The van der Waals surface area contributed by atoms with E-state index in [0.717, 1.165) is 12.2 Å². The van der Waals surface area contributed by atoms with Gasteiger partial charge in [-0.05, 0) is 42.9 Å². The number of nitriles is 1. The lowest BCUT2D eigenvalue weighted by atomic mass is 10.0. The zero-order valence-corrected chi connectivity index (χ0v) is 10.8. The van der Waals surface area contributed by atoms with E-state index in [0.29, 0.717) is 16.0 Å². The van der Waals surface area contributed by atoms with Crippen molar-refractivity contribution in [1.29, 1.82) is 5.26 Å². The van der Waals surface area contributed by atoms with Crippen molar-refractivity contribution in [3.05, 3.63) is 28.8 Å². The molecule has 1 aromatic carbocycles. The van der Waals surface area contributed by atoms with Crippen LogP contribution in [0.5, 0.6) is 0 Å². The van der Waals surface area contributed by atoms with Crippen molar-refractivity contribution in [3.8, 4) is 6.07 Å². The summed E-state index contributed by atoms with van der Waals surface area (Å²) < 4.78 is 0. The molecule has 17 heavy (non-hydrogen) atoms. The van der Waals surface area contributed by atoms with Crippen molar-refractivity contribution in [1.82, 2.24) is 0 Å². The number of rotatable bonds is 5. The zero-order valence-electron chi connectivity index (χ0n) is 10.1. The molecule has 0 heterocycles. The van der Waals surface area contributed by atoms with E-state index in [-0.39, 0.29) is 0 Å². The Morgan fingerprint density at radius 1 is 1.47 bits per heavy atom. The van der Waals surface area contributed by atoms with Gasteiger partial charge in [-0.25, -0.2) is 0 Å². The van der Waals surface area contributed by atoms with E-state index in [2.05, 4.69) is 18.3 Å². The fourth-order valence-corrected chi connectivity index (χ4v) is 2.48. The van der Waals surface area contributed by atoms with Gasteiger partial charge in [0.15, 0.2) is 0 Å². The highest BCUT2D eigenvalue weighted by Crippen LogP contribution is 2.49. The van der Waals surface area contributed by atoms with E-state index in [1.54, 1.807) is 12.1 Å². The van der Waals surface area contributed by atoms with Crippen LogP contribution in [0, 0.1) is 16.7 Å². The van der Waals surface area contributed by atoms with Gasteiger partial charge in [-0.2, -0.15) is 5.26 Å². The van der Waals surface area contributed by atoms with E-state index < -0.39 is 0 Å². The third kappa shape index (κ3) is 2.92. The first kappa shape index (κ1) is 12.3. The molecule has 1 saturated carbocycles. The van der Waals surface area contributed by atoms with Crippen LogP contribution in [-0.2, 0) is 0 Å². The van der Waals surface area contributed by atoms with Crippen LogP contribution in [0.25, 0.3) is 0 Å². The van der Waals surface area contributed by atoms with E-state index >= 15 is 0 Å². The molecule has 3 heteroatoms. The molecular formula is C14H17ClN2. The molecule has 90 valence electrons. The number of anilines is 1. The van der Waals surface area contributed by atoms with Gasteiger partial charge < -0.3 is 5.32 Å². The third-order valence-corrected chi connectivity index (χ3v) is 3.80. The molecule has 1 N–H and O–H groups in total. The van der Waals surface area contributed by atoms with Crippen LogP contribution >= 0.6 is 11.6 Å². The van der Waals surface area contributed by atoms with Crippen molar-refractivity contribution < 1.29 is 0 Å². The number of hydrogen-bond acceptors (Lipinski definition) is 2. The first-order chi connectivity index (χ1) is 8.19. The van der Waals surface area contributed by atoms with Gasteiger partial charge in [-0.15, -0.1) is 0 Å². The van der Waals surface area contributed by atoms with Crippen LogP contribution in [0.15, 0.2) is 18.2 Å². The molecule has 0 aromatic heterocycles. The maximum atomic E-state index is 8.76. The summed E-state index contributed by atoms with van der Waals surface area (Å²) in [5, 5.41) is 12.8. The Kier molecular flexibility index (Phi) is 3.59. The average Bonchev–Trinajstić information content (AvgIpc) is 3.08. The molecule has 0 unspecified atom stereocenters. The summed E-state index contributed by atoms with van der Waals surface area (Å²) in [5.74, 6) is 0. The fourth-order valence-electron chi connectivity index (χ4n) is 2.23. The van der Waals surface area contributed by atoms with Gasteiger partial charge in [-0.1, -0.05) is 24.9 Å². The normalized spacial score (nSPS) is 16.3. The number of benzene rings is 1. The first-order valence-corrected chi connectivity index (χ1v) is 6.50. The standard InChI is InChI=1S/C14H17ClN2/c1-2-5-14(6-7-14)10-17-13-4-3-11(9-16)8-12(13)15/h3-4,8,17H,2,5-7,10H2,1H3. The average molecular weight is 249 g/mol. The van der Waals surface area contributed by atoms with Crippen LogP contribution in [0.2, 0.25) is 5.02 Å². The van der Waals surface area contributed by atoms with E-state index in [4.69, 9.17) is 16.9 Å². The quantitative estimate of drug-likeness (QED) is 0.848. The molecule has 0 atom stereocenters. The fraction of sp³-hybridized carbons (Fsp3) is 0.500. The highest BCUT2D eigenvalue weighted by molar-refractivity contribution is 6.33. The Morgan fingerprint density at radius 2 is 2.24 bits per heavy atom. The highest BCUT2D eigenvalue weighted by atomic mass is 35.5. The summed E-state index contributed by atoms with van der Waals surface area (Å²) in [6.07, 6.45) is 5.17. The Balaban J connectivity index is 1.98. The van der Waals surface area contributed by atoms with Crippen LogP contribution < -0.4 is 5.32 Å². The van der Waals surface area contributed by atoms with E-state index in [1.165, 1.54) is 25.7 Å². The van der Waals surface area contributed by atoms with E-state index in [9.17, 15) is 0 Å².